The largest absolute Gasteiger partial charge is 0.355 e. The third-order valence-corrected chi connectivity index (χ3v) is 4.71. The molecule has 3 heterocycles. The summed E-state index contributed by atoms with van der Waals surface area (Å²) in [6.45, 7) is 5.78. The second kappa shape index (κ2) is 7.10. The van der Waals surface area contributed by atoms with Gasteiger partial charge < -0.3 is 10.2 Å². The smallest absolute Gasteiger partial charge is 0.234 e. The number of aromatic nitrogens is 2. The van der Waals surface area contributed by atoms with E-state index in [1.807, 2.05) is 34.0 Å². The van der Waals surface area contributed by atoms with E-state index in [-0.39, 0.29) is 11.8 Å². The molecule has 1 fully saturated rings. The maximum Gasteiger partial charge on any atom is 0.234 e. The number of carbonyl (C=O) groups excluding carboxylic acids is 2. The van der Waals surface area contributed by atoms with Crippen molar-refractivity contribution in [1.29, 1.82) is 0 Å². The average Bonchev–Trinajstić information content (AvgIpc) is 3.09. The Hall–Kier alpha value is -1.93. The van der Waals surface area contributed by atoms with Crippen LogP contribution in [-0.4, -0.2) is 70.3 Å². The van der Waals surface area contributed by atoms with Gasteiger partial charge in [-0.15, -0.1) is 11.3 Å². The number of hydrogen-bond donors (Lipinski definition) is 1. The first-order chi connectivity index (χ1) is 11.2. The molecule has 0 unspecified atom stereocenters. The fraction of sp³-hybridized carbons (Fsp3) is 0.533. The Bertz CT molecular complexity index is 658. The van der Waals surface area contributed by atoms with E-state index >= 15 is 0 Å². The summed E-state index contributed by atoms with van der Waals surface area (Å²) < 4.78 is 1.94. The molecule has 0 atom stereocenters. The minimum Gasteiger partial charge on any atom is -0.355 e. The lowest BCUT2D eigenvalue weighted by molar-refractivity contribution is -0.132. The molecular formula is C15H21N5O2S. The highest BCUT2D eigenvalue weighted by molar-refractivity contribution is 7.15. The van der Waals surface area contributed by atoms with Gasteiger partial charge in [-0.25, -0.2) is 4.98 Å². The quantitative estimate of drug-likeness (QED) is 0.849. The van der Waals surface area contributed by atoms with E-state index in [1.54, 1.807) is 11.3 Å². The van der Waals surface area contributed by atoms with Crippen LogP contribution in [0.5, 0.6) is 0 Å². The van der Waals surface area contributed by atoms with Gasteiger partial charge >= 0.3 is 0 Å². The first-order valence-electron chi connectivity index (χ1n) is 7.83. The van der Waals surface area contributed by atoms with Crippen molar-refractivity contribution in [1.82, 2.24) is 24.5 Å². The molecule has 0 bridgehead atoms. The second-order valence-corrected chi connectivity index (χ2v) is 6.49. The summed E-state index contributed by atoms with van der Waals surface area (Å²) in [7, 11) is 0. The molecule has 1 aliphatic rings. The highest BCUT2D eigenvalue weighted by atomic mass is 32.1. The van der Waals surface area contributed by atoms with Crippen LogP contribution in [0.15, 0.2) is 17.8 Å². The average molecular weight is 335 g/mol. The molecule has 0 radical (unpaired) electrons. The highest BCUT2D eigenvalue weighted by Gasteiger charge is 2.23. The summed E-state index contributed by atoms with van der Waals surface area (Å²) >= 11 is 1.56. The number of thiazole rings is 1. The second-order valence-electron chi connectivity index (χ2n) is 5.61. The standard InChI is InChI=1S/C15H21N5O2S/c1-2-16-13(21)11-18-3-5-19(6-4-18)14(22)9-12-10-20-7-8-23-15(20)17-12/h7-8,10H,2-6,9,11H2,1H3,(H,16,21). The maximum atomic E-state index is 12.4. The van der Waals surface area contributed by atoms with Gasteiger partial charge in [-0.1, -0.05) is 0 Å². The van der Waals surface area contributed by atoms with Crippen LogP contribution in [0, 0.1) is 0 Å². The molecular weight excluding hydrogens is 314 g/mol. The Morgan fingerprint density at radius 1 is 1.30 bits per heavy atom. The van der Waals surface area contributed by atoms with E-state index in [4.69, 9.17) is 0 Å². The third-order valence-electron chi connectivity index (χ3n) is 3.94. The van der Waals surface area contributed by atoms with Crippen molar-refractivity contribution in [2.24, 2.45) is 0 Å². The molecule has 23 heavy (non-hydrogen) atoms. The van der Waals surface area contributed by atoms with E-state index in [0.29, 0.717) is 32.6 Å². The van der Waals surface area contributed by atoms with Crippen LogP contribution in [0.2, 0.25) is 0 Å². The lowest BCUT2D eigenvalue weighted by atomic mass is 10.2. The van der Waals surface area contributed by atoms with Crippen LogP contribution in [0.25, 0.3) is 4.96 Å². The highest BCUT2D eigenvalue weighted by Crippen LogP contribution is 2.13. The topological polar surface area (TPSA) is 70.0 Å². The molecule has 2 amide bonds. The molecule has 8 heteroatoms. The molecule has 2 aromatic rings. The molecule has 0 saturated carbocycles. The fourth-order valence-corrected chi connectivity index (χ4v) is 3.46. The number of piperazine rings is 1. The number of rotatable bonds is 5. The van der Waals surface area contributed by atoms with Gasteiger partial charge in [0.05, 0.1) is 18.7 Å². The van der Waals surface area contributed by atoms with Crippen molar-refractivity contribution in [2.45, 2.75) is 13.3 Å². The lowest BCUT2D eigenvalue weighted by Gasteiger charge is -2.34. The summed E-state index contributed by atoms with van der Waals surface area (Å²) in [6.07, 6.45) is 4.20. The van der Waals surface area contributed by atoms with Crippen LogP contribution in [-0.2, 0) is 16.0 Å². The van der Waals surface area contributed by atoms with Gasteiger partial charge in [0, 0.05) is 50.5 Å². The Kier molecular flexibility index (Phi) is 4.92. The number of nitrogens with one attached hydrogen (secondary N) is 1. The summed E-state index contributed by atoms with van der Waals surface area (Å²) in [5.41, 5.74) is 0.812. The molecule has 124 valence electrons. The zero-order valence-corrected chi connectivity index (χ0v) is 14.0. The van der Waals surface area contributed by atoms with Crippen LogP contribution in [0.3, 0.4) is 0 Å². The molecule has 3 rings (SSSR count). The van der Waals surface area contributed by atoms with Crippen molar-refractivity contribution in [2.75, 3.05) is 39.3 Å². The number of amides is 2. The predicted molar refractivity (Wildman–Crippen MR) is 88.5 cm³/mol. The van der Waals surface area contributed by atoms with Crippen LogP contribution >= 0.6 is 11.3 Å². The van der Waals surface area contributed by atoms with Gasteiger partial charge in [0.2, 0.25) is 11.8 Å². The molecule has 0 aromatic carbocycles. The van der Waals surface area contributed by atoms with Gasteiger partial charge in [-0.3, -0.25) is 18.9 Å². The van der Waals surface area contributed by atoms with Gasteiger partial charge in [0.25, 0.3) is 0 Å². The molecule has 1 aliphatic heterocycles. The van der Waals surface area contributed by atoms with E-state index in [0.717, 1.165) is 23.7 Å². The van der Waals surface area contributed by atoms with Crippen LogP contribution in [0.1, 0.15) is 12.6 Å². The van der Waals surface area contributed by atoms with Crippen molar-refractivity contribution in [3.8, 4) is 0 Å². The summed E-state index contributed by atoms with van der Waals surface area (Å²) in [6, 6.07) is 0. The van der Waals surface area contributed by atoms with E-state index < -0.39 is 0 Å². The monoisotopic (exact) mass is 335 g/mol. The number of carbonyl (C=O) groups is 2. The van der Waals surface area contributed by atoms with Gasteiger partial charge in [0.15, 0.2) is 4.96 Å². The summed E-state index contributed by atoms with van der Waals surface area (Å²) in [5.74, 6) is 0.152. The fourth-order valence-electron chi connectivity index (χ4n) is 2.74. The Balaban J connectivity index is 1.48. The maximum absolute atomic E-state index is 12.4. The minimum absolute atomic E-state index is 0.0466. The Morgan fingerprint density at radius 2 is 2.09 bits per heavy atom. The van der Waals surface area contributed by atoms with Crippen LogP contribution in [0.4, 0.5) is 0 Å². The molecule has 7 nitrogen and oxygen atoms in total. The zero-order chi connectivity index (χ0) is 16.2. The van der Waals surface area contributed by atoms with Crippen molar-refractivity contribution >= 4 is 28.1 Å². The molecule has 0 spiro atoms. The summed E-state index contributed by atoms with van der Waals surface area (Å²) in [4.78, 5) is 33.3. The van der Waals surface area contributed by atoms with E-state index in [2.05, 4.69) is 15.2 Å². The Labute approximate surface area is 138 Å². The molecule has 1 saturated heterocycles. The minimum atomic E-state index is 0.0466. The SMILES string of the molecule is CCNC(=O)CN1CCN(C(=O)Cc2cn3ccsc3n2)CC1. The molecule has 1 N–H and O–H groups in total. The summed E-state index contributed by atoms with van der Waals surface area (Å²) in [5, 5.41) is 4.77. The van der Waals surface area contributed by atoms with Gasteiger partial charge in [0.1, 0.15) is 0 Å². The first-order valence-corrected chi connectivity index (χ1v) is 8.71. The number of hydrogen-bond acceptors (Lipinski definition) is 5. The van der Waals surface area contributed by atoms with Crippen molar-refractivity contribution in [3.63, 3.8) is 0 Å². The number of fused-ring (bicyclic) bond motifs is 1. The third kappa shape index (κ3) is 3.89. The predicted octanol–water partition coefficient (Wildman–Crippen LogP) is 0.219. The number of imidazole rings is 1. The van der Waals surface area contributed by atoms with E-state index in [9.17, 15) is 9.59 Å². The van der Waals surface area contributed by atoms with Crippen molar-refractivity contribution < 1.29 is 9.59 Å². The molecule has 0 aliphatic carbocycles. The van der Waals surface area contributed by atoms with Gasteiger partial charge in [-0.2, -0.15) is 0 Å². The van der Waals surface area contributed by atoms with E-state index in [1.165, 1.54) is 0 Å². The number of nitrogens with zero attached hydrogens (tertiary/aromatic N) is 4. The van der Waals surface area contributed by atoms with Gasteiger partial charge in [-0.05, 0) is 6.92 Å². The first kappa shape index (κ1) is 15.9. The number of likely N-dealkylation sites (N-methyl/N-ethyl adjacent to an activating group) is 1. The zero-order valence-electron chi connectivity index (χ0n) is 13.2. The Morgan fingerprint density at radius 3 is 2.78 bits per heavy atom. The normalized spacial score (nSPS) is 16.0. The lowest BCUT2D eigenvalue weighted by Crippen LogP contribution is -2.51. The molecule has 2 aromatic heterocycles. The van der Waals surface area contributed by atoms with Crippen molar-refractivity contribution in [3.05, 3.63) is 23.5 Å². The van der Waals surface area contributed by atoms with Crippen LogP contribution < -0.4 is 5.32 Å².